The lowest BCUT2D eigenvalue weighted by atomic mass is 10.2. The Morgan fingerprint density at radius 1 is 1.19 bits per heavy atom. The fraction of sp³-hybridized carbons (Fsp3) is 0.789. The van der Waals surface area contributed by atoms with Crippen molar-refractivity contribution in [2.75, 3.05) is 52.4 Å². The van der Waals surface area contributed by atoms with Gasteiger partial charge in [0.15, 0.2) is 5.69 Å². The summed E-state index contributed by atoms with van der Waals surface area (Å²) in [4.78, 5) is 23.1. The molecule has 0 bridgehead atoms. The minimum atomic E-state index is -0.454. The molecule has 1 unspecified atom stereocenters. The van der Waals surface area contributed by atoms with Crippen LogP contribution in [0.25, 0.3) is 0 Å². The SMILES string of the molecule is CC(C)OCC(O)CN1CCN(Cc2nc(C(=O)N3CCCC3)co2)CC1. The molecule has 3 heterocycles. The number of hydrogen-bond acceptors (Lipinski definition) is 7. The molecule has 1 aromatic heterocycles. The van der Waals surface area contributed by atoms with Crippen LogP contribution in [0.2, 0.25) is 0 Å². The van der Waals surface area contributed by atoms with Gasteiger partial charge >= 0.3 is 0 Å². The van der Waals surface area contributed by atoms with E-state index in [2.05, 4.69) is 14.8 Å². The third-order valence-electron chi connectivity index (χ3n) is 5.08. The standard InChI is InChI=1S/C19H32N4O4/c1-15(2)26-13-16(24)11-21-7-9-22(10-8-21)12-18-20-17(14-27-18)19(25)23-5-3-4-6-23/h14-16,24H,3-13H2,1-2H3. The zero-order valence-electron chi connectivity index (χ0n) is 16.5. The van der Waals surface area contributed by atoms with E-state index in [1.54, 1.807) is 0 Å². The summed E-state index contributed by atoms with van der Waals surface area (Å²) in [6.07, 6.45) is 3.31. The first-order valence-electron chi connectivity index (χ1n) is 9.99. The van der Waals surface area contributed by atoms with Gasteiger partial charge in [-0.15, -0.1) is 0 Å². The number of carbonyl (C=O) groups is 1. The maximum absolute atomic E-state index is 12.3. The Morgan fingerprint density at radius 2 is 1.85 bits per heavy atom. The van der Waals surface area contributed by atoms with Crippen molar-refractivity contribution >= 4 is 5.91 Å². The number of likely N-dealkylation sites (tertiary alicyclic amines) is 1. The molecule has 8 nitrogen and oxygen atoms in total. The second-order valence-electron chi connectivity index (χ2n) is 7.74. The molecule has 0 aliphatic carbocycles. The van der Waals surface area contributed by atoms with Crippen LogP contribution in [-0.4, -0.2) is 95.3 Å². The van der Waals surface area contributed by atoms with E-state index in [1.807, 2.05) is 18.7 Å². The molecule has 2 fully saturated rings. The van der Waals surface area contributed by atoms with Crippen LogP contribution in [0.1, 0.15) is 43.1 Å². The largest absolute Gasteiger partial charge is 0.447 e. The van der Waals surface area contributed by atoms with Gasteiger partial charge in [0.05, 0.1) is 25.4 Å². The van der Waals surface area contributed by atoms with Crippen molar-refractivity contribution in [2.45, 2.75) is 45.4 Å². The number of aliphatic hydroxyl groups excluding tert-OH is 1. The predicted molar refractivity (Wildman–Crippen MR) is 100 cm³/mol. The molecule has 0 saturated carbocycles. The van der Waals surface area contributed by atoms with Crippen molar-refractivity contribution < 1.29 is 19.1 Å². The lowest BCUT2D eigenvalue weighted by Gasteiger charge is -2.35. The quantitative estimate of drug-likeness (QED) is 0.715. The van der Waals surface area contributed by atoms with Gasteiger partial charge in [0.1, 0.15) is 6.26 Å². The minimum Gasteiger partial charge on any atom is -0.447 e. The summed E-state index contributed by atoms with van der Waals surface area (Å²) in [5, 5.41) is 10.1. The van der Waals surface area contributed by atoms with Crippen LogP contribution in [0.3, 0.4) is 0 Å². The Labute approximate surface area is 161 Å². The maximum atomic E-state index is 12.3. The number of carbonyl (C=O) groups excluding carboxylic acids is 1. The fourth-order valence-corrected chi connectivity index (χ4v) is 3.54. The zero-order valence-corrected chi connectivity index (χ0v) is 16.5. The second-order valence-corrected chi connectivity index (χ2v) is 7.74. The first-order valence-corrected chi connectivity index (χ1v) is 9.99. The molecule has 1 N–H and O–H groups in total. The van der Waals surface area contributed by atoms with Gasteiger partial charge in [0.2, 0.25) is 5.89 Å². The molecule has 2 saturated heterocycles. The molecule has 0 radical (unpaired) electrons. The summed E-state index contributed by atoms with van der Waals surface area (Å²) in [6, 6.07) is 0. The summed E-state index contributed by atoms with van der Waals surface area (Å²) in [7, 11) is 0. The predicted octanol–water partition coefficient (Wildman–Crippen LogP) is 0.814. The van der Waals surface area contributed by atoms with E-state index < -0.39 is 6.10 Å². The van der Waals surface area contributed by atoms with Gasteiger partial charge in [-0.1, -0.05) is 0 Å². The number of piperazine rings is 1. The number of nitrogens with zero attached hydrogens (tertiary/aromatic N) is 4. The van der Waals surface area contributed by atoms with Crippen molar-refractivity contribution in [1.29, 1.82) is 0 Å². The summed E-state index contributed by atoms with van der Waals surface area (Å²) in [5.41, 5.74) is 0.416. The average molecular weight is 380 g/mol. The Hall–Kier alpha value is -1.48. The molecule has 0 aromatic carbocycles. The van der Waals surface area contributed by atoms with E-state index >= 15 is 0 Å². The van der Waals surface area contributed by atoms with Gasteiger partial charge in [-0.05, 0) is 26.7 Å². The summed E-state index contributed by atoms with van der Waals surface area (Å²) >= 11 is 0. The molecule has 1 amide bonds. The maximum Gasteiger partial charge on any atom is 0.275 e. The number of β-amino-alcohol motifs (C(OH)–C–C–N with tert-alkyl or cyclic N) is 1. The first kappa shape index (κ1) is 20.3. The van der Waals surface area contributed by atoms with E-state index in [0.29, 0.717) is 31.3 Å². The molecular weight excluding hydrogens is 348 g/mol. The van der Waals surface area contributed by atoms with E-state index in [-0.39, 0.29) is 12.0 Å². The molecule has 1 atom stereocenters. The summed E-state index contributed by atoms with van der Waals surface area (Å²) < 4.78 is 11.0. The summed E-state index contributed by atoms with van der Waals surface area (Å²) in [6.45, 7) is 10.7. The Bertz CT molecular complexity index is 592. The van der Waals surface area contributed by atoms with E-state index in [0.717, 1.165) is 52.1 Å². The zero-order chi connectivity index (χ0) is 19.2. The summed E-state index contributed by atoms with van der Waals surface area (Å²) in [5.74, 6) is 0.571. The van der Waals surface area contributed by atoms with Crippen LogP contribution in [0, 0.1) is 0 Å². The van der Waals surface area contributed by atoms with Crippen LogP contribution < -0.4 is 0 Å². The minimum absolute atomic E-state index is 0.0232. The van der Waals surface area contributed by atoms with Crippen molar-refractivity contribution in [3.8, 4) is 0 Å². The van der Waals surface area contributed by atoms with Gasteiger partial charge < -0.3 is 19.2 Å². The van der Waals surface area contributed by atoms with Crippen molar-refractivity contribution in [3.05, 3.63) is 17.8 Å². The number of rotatable bonds is 8. The van der Waals surface area contributed by atoms with Crippen LogP contribution in [-0.2, 0) is 11.3 Å². The third kappa shape index (κ3) is 6.00. The monoisotopic (exact) mass is 380 g/mol. The number of aromatic nitrogens is 1. The Balaban J connectivity index is 1.40. The molecule has 2 aliphatic rings. The molecular formula is C19H32N4O4. The second kappa shape index (κ2) is 9.64. The molecule has 8 heteroatoms. The molecule has 2 aliphatic heterocycles. The van der Waals surface area contributed by atoms with E-state index in [4.69, 9.17) is 9.15 Å². The van der Waals surface area contributed by atoms with Crippen LogP contribution in [0.5, 0.6) is 0 Å². The lowest BCUT2D eigenvalue weighted by molar-refractivity contribution is -0.0151. The molecule has 3 rings (SSSR count). The fourth-order valence-electron chi connectivity index (χ4n) is 3.54. The first-order chi connectivity index (χ1) is 13.0. The van der Waals surface area contributed by atoms with Crippen molar-refractivity contribution in [1.82, 2.24) is 19.7 Å². The number of ether oxygens (including phenoxy) is 1. The highest BCUT2D eigenvalue weighted by Gasteiger charge is 2.24. The number of oxazole rings is 1. The number of aliphatic hydroxyl groups is 1. The smallest absolute Gasteiger partial charge is 0.275 e. The Kier molecular flexibility index (Phi) is 7.23. The van der Waals surface area contributed by atoms with Gasteiger partial charge in [0.25, 0.3) is 5.91 Å². The topological polar surface area (TPSA) is 82.3 Å². The van der Waals surface area contributed by atoms with Gasteiger partial charge in [-0.2, -0.15) is 0 Å². The van der Waals surface area contributed by atoms with E-state index in [1.165, 1.54) is 6.26 Å². The van der Waals surface area contributed by atoms with Gasteiger partial charge in [0, 0.05) is 45.8 Å². The Morgan fingerprint density at radius 3 is 2.52 bits per heavy atom. The van der Waals surface area contributed by atoms with E-state index in [9.17, 15) is 9.90 Å². The highest BCUT2D eigenvalue weighted by molar-refractivity contribution is 5.92. The average Bonchev–Trinajstić information content (AvgIpc) is 3.33. The normalized spacial score (nSPS) is 20.5. The van der Waals surface area contributed by atoms with Crippen LogP contribution >= 0.6 is 0 Å². The molecule has 0 spiro atoms. The number of amides is 1. The van der Waals surface area contributed by atoms with Crippen LogP contribution in [0.4, 0.5) is 0 Å². The highest BCUT2D eigenvalue weighted by Crippen LogP contribution is 2.14. The van der Waals surface area contributed by atoms with Crippen molar-refractivity contribution in [2.24, 2.45) is 0 Å². The number of hydrogen-bond donors (Lipinski definition) is 1. The van der Waals surface area contributed by atoms with Gasteiger partial charge in [-0.25, -0.2) is 4.98 Å². The van der Waals surface area contributed by atoms with Gasteiger partial charge in [-0.3, -0.25) is 14.6 Å². The van der Waals surface area contributed by atoms with Crippen LogP contribution in [0.15, 0.2) is 10.7 Å². The highest BCUT2D eigenvalue weighted by atomic mass is 16.5. The van der Waals surface area contributed by atoms with Crippen molar-refractivity contribution in [3.63, 3.8) is 0 Å². The molecule has 27 heavy (non-hydrogen) atoms. The lowest BCUT2D eigenvalue weighted by Crippen LogP contribution is -2.48. The molecule has 152 valence electrons. The molecule has 1 aromatic rings. The third-order valence-corrected chi connectivity index (χ3v) is 5.08.